The number of fused-ring (bicyclic) bond motifs is 1. The first-order valence-electron chi connectivity index (χ1n) is 8.97. The Bertz CT molecular complexity index is 1350. The summed E-state index contributed by atoms with van der Waals surface area (Å²) in [5.41, 5.74) is 4.33. The molecule has 0 spiro atoms. The third kappa shape index (κ3) is 4.94. The molecule has 4 aromatic rings. The molecule has 0 bridgehead atoms. The summed E-state index contributed by atoms with van der Waals surface area (Å²) in [6.45, 7) is 0. The molecule has 0 saturated carbocycles. The number of rotatable bonds is 4. The van der Waals surface area contributed by atoms with Crippen molar-refractivity contribution in [2.75, 3.05) is 10.7 Å². The zero-order chi connectivity index (χ0) is 22.0. The minimum atomic E-state index is -0.500. The standard InChI is InChI=1S/C22H14Cl3N3O3/c23-13-2-5-15(6-3-13)27-28-22-17(9-12-1-7-16(29)11-20(12)31-22)21(30)26-19-10-14(24)4-8-18(19)25/h1-11,27,29H,(H,26,30). The van der Waals surface area contributed by atoms with Crippen molar-refractivity contribution in [3.05, 3.63) is 92.9 Å². The van der Waals surface area contributed by atoms with Crippen LogP contribution in [-0.4, -0.2) is 11.0 Å². The van der Waals surface area contributed by atoms with E-state index in [0.717, 1.165) is 0 Å². The van der Waals surface area contributed by atoms with Gasteiger partial charge in [-0.05, 0) is 60.7 Å². The van der Waals surface area contributed by atoms with E-state index in [2.05, 4.69) is 15.8 Å². The third-order valence-corrected chi connectivity index (χ3v) is 5.10. The number of halogens is 3. The average Bonchev–Trinajstić information content (AvgIpc) is 2.75. The fourth-order valence-electron chi connectivity index (χ4n) is 2.78. The minimum Gasteiger partial charge on any atom is -0.508 e. The average molecular weight is 475 g/mol. The lowest BCUT2D eigenvalue weighted by Crippen LogP contribution is -2.23. The summed E-state index contributed by atoms with van der Waals surface area (Å²) in [4.78, 5) is 13.0. The van der Waals surface area contributed by atoms with Crippen molar-refractivity contribution < 1.29 is 14.3 Å². The summed E-state index contributed by atoms with van der Waals surface area (Å²) in [5.74, 6) is -0.477. The second-order valence-corrected chi connectivity index (χ2v) is 7.78. The number of aromatic hydroxyl groups is 1. The maximum Gasteiger partial charge on any atom is 0.261 e. The molecule has 0 atom stereocenters. The molecule has 0 fully saturated rings. The zero-order valence-electron chi connectivity index (χ0n) is 15.7. The first-order chi connectivity index (χ1) is 14.9. The van der Waals surface area contributed by atoms with E-state index in [1.165, 1.54) is 12.1 Å². The molecular weight excluding hydrogens is 461 g/mol. The lowest BCUT2D eigenvalue weighted by Gasteiger charge is -2.09. The highest BCUT2D eigenvalue weighted by atomic mass is 35.5. The Morgan fingerprint density at radius 1 is 0.903 bits per heavy atom. The fourth-order valence-corrected chi connectivity index (χ4v) is 3.24. The van der Waals surface area contributed by atoms with Crippen molar-refractivity contribution >= 4 is 63.1 Å². The SMILES string of the molecule is O=C(Nc1cc(Cl)ccc1Cl)c1cc2ccc(O)cc2oc1=NNc1ccc(Cl)cc1. The quantitative estimate of drug-likeness (QED) is 0.304. The van der Waals surface area contributed by atoms with Crippen LogP contribution in [0.4, 0.5) is 11.4 Å². The summed E-state index contributed by atoms with van der Waals surface area (Å²) in [6, 6.07) is 17.8. The van der Waals surface area contributed by atoms with Crippen LogP contribution in [0.2, 0.25) is 15.1 Å². The number of benzene rings is 3. The van der Waals surface area contributed by atoms with E-state index in [9.17, 15) is 9.90 Å². The number of anilines is 2. The molecule has 3 aromatic carbocycles. The third-order valence-electron chi connectivity index (χ3n) is 4.29. The number of nitrogens with zero attached hydrogens (tertiary/aromatic N) is 1. The molecular formula is C22H14Cl3N3O3. The summed E-state index contributed by atoms with van der Waals surface area (Å²) in [5, 5.41) is 18.6. The van der Waals surface area contributed by atoms with Crippen LogP contribution in [0, 0.1) is 0 Å². The second-order valence-electron chi connectivity index (χ2n) is 6.50. The highest BCUT2D eigenvalue weighted by molar-refractivity contribution is 6.36. The molecule has 3 N–H and O–H groups in total. The minimum absolute atomic E-state index is 0.00343. The first-order valence-corrected chi connectivity index (χ1v) is 10.1. The topological polar surface area (TPSA) is 86.9 Å². The maximum atomic E-state index is 13.0. The predicted octanol–water partition coefficient (Wildman–Crippen LogP) is 6.28. The summed E-state index contributed by atoms with van der Waals surface area (Å²) in [7, 11) is 0. The Hall–Kier alpha value is -3.19. The van der Waals surface area contributed by atoms with Gasteiger partial charge in [-0.15, -0.1) is 5.10 Å². The fraction of sp³-hybridized carbons (Fsp3) is 0. The molecule has 0 aliphatic heterocycles. The normalized spacial score (nSPS) is 11.5. The Labute approximate surface area is 191 Å². The van der Waals surface area contributed by atoms with Gasteiger partial charge in [-0.1, -0.05) is 34.8 Å². The van der Waals surface area contributed by atoms with Crippen molar-refractivity contribution in [1.29, 1.82) is 0 Å². The number of nitrogens with one attached hydrogen (secondary N) is 2. The van der Waals surface area contributed by atoms with Crippen molar-refractivity contribution in [2.24, 2.45) is 5.10 Å². The number of hydrogen-bond donors (Lipinski definition) is 3. The van der Waals surface area contributed by atoms with E-state index < -0.39 is 5.91 Å². The molecule has 9 heteroatoms. The van der Waals surface area contributed by atoms with Crippen molar-refractivity contribution in [1.82, 2.24) is 0 Å². The van der Waals surface area contributed by atoms with Gasteiger partial charge in [-0.3, -0.25) is 10.2 Å². The van der Waals surface area contributed by atoms with Gasteiger partial charge in [-0.25, -0.2) is 0 Å². The Balaban J connectivity index is 1.78. The molecule has 1 amide bonds. The molecule has 0 saturated heterocycles. The van der Waals surface area contributed by atoms with Crippen LogP contribution in [0.15, 0.2) is 76.2 Å². The van der Waals surface area contributed by atoms with Gasteiger partial charge < -0.3 is 14.8 Å². The van der Waals surface area contributed by atoms with Gasteiger partial charge in [0.25, 0.3) is 5.91 Å². The number of phenolic OH excluding ortho intramolecular Hbond substituents is 1. The molecule has 0 radical (unpaired) electrons. The highest BCUT2D eigenvalue weighted by Gasteiger charge is 2.15. The maximum absolute atomic E-state index is 13.0. The van der Waals surface area contributed by atoms with Gasteiger partial charge in [-0.2, -0.15) is 0 Å². The van der Waals surface area contributed by atoms with Gasteiger partial charge in [0.05, 0.1) is 16.4 Å². The number of amides is 1. The number of phenols is 1. The van der Waals surface area contributed by atoms with E-state index in [4.69, 9.17) is 39.2 Å². The number of carbonyl (C=O) groups is 1. The smallest absolute Gasteiger partial charge is 0.261 e. The molecule has 1 heterocycles. The molecule has 1 aromatic heterocycles. The highest BCUT2D eigenvalue weighted by Crippen LogP contribution is 2.26. The number of hydrogen-bond acceptors (Lipinski definition) is 5. The van der Waals surface area contributed by atoms with E-state index in [1.54, 1.807) is 54.6 Å². The molecule has 31 heavy (non-hydrogen) atoms. The summed E-state index contributed by atoms with van der Waals surface area (Å²) >= 11 is 18.1. The molecule has 0 aliphatic rings. The number of carbonyl (C=O) groups excluding carboxylic acids is 1. The lowest BCUT2D eigenvalue weighted by molar-refractivity contribution is 0.102. The largest absolute Gasteiger partial charge is 0.508 e. The zero-order valence-corrected chi connectivity index (χ0v) is 18.0. The van der Waals surface area contributed by atoms with Crippen LogP contribution in [0.1, 0.15) is 10.4 Å². The monoisotopic (exact) mass is 473 g/mol. The van der Waals surface area contributed by atoms with Crippen LogP contribution >= 0.6 is 34.8 Å². The summed E-state index contributed by atoms with van der Waals surface area (Å²) < 4.78 is 5.80. The van der Waals surface area contributed by atoms with Crippen LogP contribution in [0.25, 0.3) is 11.0 Å². The van der Waals surface area contributed by atoms with Gasteiger partial charge in [0, 0.05) is 21.5 Å². The Morgan fingerprint density at radius 2 is 1.65 bits per heavy atom. The molecule has 0 unspecified atom stereocenters. The molecule has 6 nitrogen and oxygen atoms in total. The van der Waals surface area contributed by atoms with Gasteiger partial charge in [0.15, 0.2) is 0 Å². The molecule has 156 valence electrons. The van der Waals surface area contributed by atoms with Crippen molar-refractivity contribution in [3.8, 4) is 5.75 Å². The van der Waals surface area contributed by atoms with E-state index in [1.807, 2.05) is 0 Å². The first kappa shape index (κ1) is 21.1. The van der Waals surface area contributed by atoms with Crippen LogP contribution in [0.5, 0.6) is 5.75 Å². The van der Waals surface area contributed by atoms with Crippen LogP contribution < -0.4 is 16.3 Å². The van der Waals surface area contributed by atoms with Gasteiger partial charge in [0.1, 0.15) is 16.9 Å². The van der Waals surface area contributed by atoms with Crippen molar-refractivity contribution in [3.63, 3.8) is 0 Å². The Kier molecular flexibility index (Phi) is 6.04. The Morgan fingerprint density at radius 3 is 2.42 bits per heavy atom. The van der Waals surface area contributed by atoms with Crippen LogP contribution in [-0.2, 0) is 0 Å². The van der Waals surface area contributed by atoms with Crippen molar-refractivity contribution in [2.45, 2.75) is 0 Å². The lowest BCUT2D eigenvalue weighted by atomic mass is 10.1. The van der Waals surface area contributed by atoms with Gasteiger partial charge in [0.2, 0.25) is 5.55 Å². The second kappa shape index (κ2) is 8.89. The van der Waals surface area contributed by atoms with Crippen LogP contribution in [0.3, 0.4) is 0 Å². The molecule has 0 aliphatic carbocycles. The predicted molar refractivity (Wildman–Crippen MR) is 123 cm³/mol. The van der Waals surface area contributed by atoms with Gasteiger partial charge >= 0.3 is 0 Å². The van der Waals surface area contributed by atoms with E-state index >= 15 is 0 Å². The summed E-state index contributed by atoms with van der Waals surface area (Å²) in [6.07, 6.45) is 0. The van der Waals surface area contributed by atoms with E-state index in [0.29, 0.717) is 37.4 Å². The van der Waals surface area contributed by atoms with E-state index in [-0.39, 0.29) is 16.9 Å². The molecule has 4 rings (SSSR count).